The number of nitrogens with zero attached hydrogens (tertiary/aromatic N) is 8. The van der Waals surface area contributed by atoms with E-state index in [4.69, 9.17) is 9.90 Å². The normalized spacial score (nSPS) is 10.8. The molecule has 1 aliphatic heterocycles. The van der Waals surface area contributed by atoms with Gasteiger partial charge in [0.25, 0.3) is 5.97 Å². The summed E-state index contributed by atoms with van der Waals surface area (Å²) in [6, 6.07) is 46.0. The fraction of sp³-hybridized carbons (Fsp3) is 0.355. The van der Waals surface area contributed by atoms with E-state index in [0.717, 1.165) is 84.3 Å². The monoisotopic (exact) mass is 1700 g/mol. The Morgan fingerprint density at radius 1 is 0.439 bits per heavy atom. The van der Waals surface area contributed by atoms with Gasteiger partial charge in [0.15, 0.2) is 75.8 Å². The number of aromatic nitrogens is 5. The fourth-order valence-electron chi connectivity index (χ4n) is 7.86. The number of alkyl halides is 2. The molecule has 3 aromatic carbocycles. The van der Waals surface area contributed by atoms with Crippen molar-refractivity contribution in [3.8, 4) is 0 Å². The van der Waals surface area contributed by atoms with Gasteiger partial charge in [0.05, 0.1) is 23.0 Å². The minimum Gasteiger partial charge on any atom is -1.00 e. The molecule has 534 valence electrons. The van der Waals surface area contributed by atoms with Crippen LogP contribution in [-0.2, 0) is 31.0 Å². The number of aldehydes is 1. The Morgan fingerprint density at radius 2 is 0.684 bits per heavy atom. The van der Waals surface area contributed by atoms with Gasteiger partial charge in [-0.3, -0.25) is 14.6 Å². The predicted octanol–water partition coefficient (Wildman–Crippen LogP) is 11.0. The zero-order valence-corrected chi connectivity index (χ0v) is 69.2. The summed E-state index contributed by atoms with van der Waals surface area (Å²) in [4.78, 5) is 29.3. The van der Waals surface area contributed by atoms with E-state index in [1.165, 1.54) is 87.8 Å². The molecule has 0 saturated carbocycles. The summed E-state index contributed by atoms with van der Waals surface area (Å²) in [7, 11) is 23.8. The van der Waals surface area contributed by atoms with Crippen molar-refractivity contribution in [3.63, 3.8) is 0 Å². The zero-order chi connectivity index (χ0) is 69.1. The van der Waals surface area contributed by atoms with Gasteiger partial charge in [0.1, 0.15) is 6.29 Å². The first-order valence-electron chi connectivity index (χ1n) is 31.6. The molecule has 1 aliphatic rings. The molecule has 6 heterocycles. The van der Waals surface area contributed by atoms with Crippen LogP contribution < -0.4 is 72.2 Å². The highest BCUT2D eigenvalue weighted by Crippen LogP contribution is 2.23. The van der Waals surface area contributed by atoms with Gasteiger partial charge in [-0.2, -0.15) is 0 Å². The van der Waals surface area contributed by atoms with Crippen LogP contribution in [0.3, 0.4) is 0 Å². The molecule has 0 amide bonds. The first-order chi connectivity index (χ1) is 46.0. The van der Waals surface area contributed by atoms with Crippen molar-refractivity contribution in [3.05, 3.63) is 240 Å². The highest BCUT2D eigenvalue weighted by molar-refractivity contribution is 9.09. The Hall–Kier alpha value is -4.59. The molecular formula is C76H105Br4N9O3S6+2. The van der Waals surface area contributed by atoms with Crippen molar-refractivity contribution in [1.29, 1.82) is 0 Å². The van der Waals surface area contributed by atoms with Crippen molar-refractivity contribution in [2.24, 2.45) is 0 Å². The van der Waals surface area contributed by atoms with E-state index < -0.39 is 5.97 Å². The van der Waals surface area contributed by atoms with Gasteiger partial charge in [-0.1, -0.05) is 153 Å². The first kappa shape index (κ1) is 93.4. The lowest BCUT2D eigenvalue weighted by molar-refractivity contribution is -0.692. The molecule has 12 nitrogen and oxygen atoms in total. The minimum absolute atomic E-state index is 0. The number of carbonyl (C=O) groups excluding carboxylic acids is 1. The molecule has 22 heteroatoms. The maximum absolute atomic E-state index is 10.3. The number of halogens is 4. The highest BCUT2D eigenvalue weighted by Gasteiger charge is 2.06. The fourth-order valence-corrected chi connectivity index (χ4v) is 15.6. The molecule has 1 saturated heterocycles. The summed E-state index contributed by atoms with van der Waals surface area (Å²) in [6.45, 7) is 14.1. The van der Waals surface area contributed by atoms with E-state index in [2.05, 4.69) is 283 Å². The Labute approximate surface area is 650 Å². The number of carboxylic acids is 1. The van der Waals surface area contributed by atoms with Gasteiger partial charge in [-0.05, 0) is 146 Å². The summed E-state index contributed by atoms with van der Waals surface area (Å²) in [6.07, 6.45) is 33.2. The van der Waals surface area contributed by atoms with Gasteiger partial charge in [-0.15, -0.1) is 0 Å². The smallest absolute Gasteiger partial charge is 0.300 e. The van der Waals surface area contributed by atoms with Crippen molar-refractivity contribution in [2.75, 3.05) is 115 Å². The van der Waals surface area contributed by atoms with Crippen LogP contribution in [0.4, 0.5) is 17.1 Å². The molecule has 5 aromatic heterocycles. The number of hydrogen-bond donors (Lipinski definition) is 2. The number of pyridine rings is 5. The van der Waals surface area contributed by atoms with Crippen LogP contribution in [0.5, 0.6) is 0 Å². The van der Waals surface area contributed by atoms with Crippen LogP contribution in [0, 0.1) is 20.8 Å². The summed E-state index contributed by atoms with van der Waals surface area (Å²) < 4.78 is 9.01. The molecule has 0 radical (unpaired) electrons. The average molecular weight is 1700 g/mol. The number of anilines is 3. The Morgan fingerprint density at radius 3 is 0.908 bits per heavy atom. The number of hydrogen-bond acceptors (Lipinski definition) is 13. The van der Waals surface area contributed by atoms with Gasteiger partial charge in [0.2, 0.25) is 0 Å². The maximum atomic E-state index is 10.3. The van der Waals surface area contributed by atoms with Crippen molar-refractivity contribution in [2.45, 2.75) is 74.1 Å². The number of aryl methyl sites for hydroxylation is 7. The number of benzene rings is 3. The molecule has 0 bridgehead atoms. The molecule has 1 fully saturated rings. The van der Waals surface area contributed by atoms with Crippen LogP contribution in [-0.4, -0.2) is 123 Å². The number of carbonyl (C=O) groups is 2. The van der Waals surface area contributed by atoms with E-state index in [1.54, 1.807) is 12.4 Å². The van der Waals surface area contributed by atoms with Gasteiger partial charge in [-0.25, -0.2) is 18.3 Å². The lowest BCUT2D eigenvalue weighted by Gasteiger charge is -2.11. The molecule has 8 aromatic rings. The van der Waals surface area contributed by atoms with Crippen LogP contribution in [0.2, 0.25) is 0 Å². The van der Waals surface area contributed by atoms with Crippen molar-refractivity contribution < 1.29 is 66.9 Å². The second-order valence-corrected chi connectivity index (χ2v) is 31.7. The van der Waals surface area contributed by atoms with Crippen molar-refractivity contribution >= 4 is 150 Å². The molecule has 0 atom stereocenters. The summed E-state index contributed by atoms with van der Waals surface area (Å²) in [5.41, 5.74) is 13.0. The largest absolute Gasteiger partial charge is 1.00 e. The molecule has 98 heavy (non-hydrogen) atoms. The molecule has 0 spiro atoms. The van der Waals surface area contributed by atoms with Crippen LogP contribution >= 0.6 is 96.6 Å². The third kappa shape index (κ3) is 47.5. The third-order valence-electron chi connectivity index (χ3n) is 13.4. The van der Waals surface area contributed by atoms with E-state index in [-0.39, 0.29) is 41.4 Å². The Kier molecular flexibility index (Phi) is 57.2. The standard InChI is InChI=1S/C34H40N4S2.C16H22N2S2.C9H11NO.C6H7N.C4H8Br2S2.C4H9N.C2H4O2.CH4.2BrH/c1-35(2)33-13-9-29(10-14-33)5-7-31-17-21-37(22-18-31)25-27-39-40-28-26-38-23-19-32(20-24-38)8-6-30-11-15-34(16-12-30)36(3)4;1-15-3-7-17(8-4-15)11-13-19-20-14-12-18-9-5-16(2)6-10-18;1-10(2)9-5-3-8(7-11)4-6-9;1-6-2-4-7-5-3-6;5-1-3-7-8-4-2-6;1-2-4-5-3-1;1-2(3)4;;;/h5-24H,25-28H2,1-4H3;3-10H,11-14H2,1-2H3;3-7H,1-2H3;2-5H,1H3;1-4H2;5H,1-4H2;1H3,(H,3,4);1H4;2*1H/q2*+2;;;;;;;;/p-2. The lowest BCUT2D eigenvalue weighted by atomic mass is 10.1. The summed E-state index contributed by atoms with van der Waals surface area (Å²) in [5.74, 6) is 6.06. The zero-order valence-electron chi connectivity index (χ0n) is 58.0. The number of aliphatic carboxylic acids is 1. The molecule has 0 aliphatic carbocycles. The number of carboxylic acid groups (broad SMARTS) is 1. The highest BCUT2D eigenvalue weighted by atomic mass is 79.9. The Bertz CT molecular complexity index is 3120. The second-order valence-electron chi connectivity index (χ2n) is 22.0. The average Bonchev–Trinajstić information content (AvgIpc) is 1.19. The van der Waals surface area contributed by atoms with Crippen LogP contribution in [0.25, 0.3) is 24.3 Å². The maximum Gasteiger partial charge on any atom is 0.300 e. The molecule has 0 unspecified atom stereocenters. The van der Waals surface area contributed by atoms with E-state index >= 15 is 0 Å². The first-order valence-corrected chi connectivity index (χ1v) is 41.3. The summed E-state index contributed by atoms with van der Waals surface area (Å²) >= 11 is 6.71. The minimum atomic E-state index is -0.833. The second kappa shape index (κ2) is 60.0. The summed E-state index contributed by atoms with van der Waals surface area (Å²) in [5, 5.41) is 12.8. The van der Waals surface area contributed by atoms with E-state index in [9.17, 15) is 4.79 Å². The lowest BCUT2D eigenvalue weighted by Crippen LogP contribution is -3.00. The predicted molar refractivity (Wildman–Crippen MR) is 435 cm³/mol. The van der Waals surface area contributed by atoms with E-state index in [1.807, 2.05) is 127 Å². The molecule has 9 rings (SSSR count). The van der Waals surface area contributed by atoms with Gasteiger partial charge in [0, 0.05) is 155 Å². The molecular weight excluding hydrogens is 1600 g/mol. The van der Waals surface area contributed by atoms with Crippen LogP contribution in [0.15, 0.2) is 195 Å². The van der Waals surface area contributed by atoms with E-state index in [0.29, 0.717) is 0 Å². The van der Waals surface area contributed by atoms with Gasteiger partial charge < -0.3 is 59.1 Å². The van der Waals surface area contributed by atoms with Gasteiger partial charge >= 0.3 is 0 Å². The molecule has 2 N–H and O–H groups in total. The topological polar surface area (TPSA) is 105 Å². The van der Waals surface area contributed by atoms with Crippen molar-refractivity contribution in [1.82, 2.24) is 10.3 Å². The van der Waals surface area contributed by atoms with Crippen LogP contribution in [0.1, 0.15) is 76.5 Å². The number of rotatable bonds is 27. The SMILES string of the molecule is BrCCSSCCBr.C.C1CCNC1.CC(=O)O.CN(C)c1ccc(/C=C/c2cc[n+](CCSSCC[n+]3ccc(/C=C/c4ccc(N(C)C)cc4)cc3)cc2)cc1.CN(C)c1ccc(C=O)cc1.Cc1cc[n+](CCSSCC[n+]2ccc(C)cc2)cc1.Cc1ccncc1.[Br-].[Br-]. The third-order valence-corrected chi connectivity index (χ3v) is 22.3. The quantitative estimate of drug-likeness (QED) is 0.0168. The Balaban J connectivity index is 0.00000134. The number of nitrogens with one attached hydrogen (secondary N) is 1.